The van der Waals surface area contributed by atoms with Gasteiger partial charge in [-0.05, 0) is 30.3 Å². The lowest BCUT2D eigenvalue weighted by Gasteiger charge is -2.08. The summed E-state index contributed by atoms with van der Waals surface area (Å²) in [7, 11) is 0. The van der Waals surface area contributed by atoms with Crippen LogP contribution in [0.1, 0.15) is 5.56 Å². The van der Waals surface area contributed by atoms with Gasteiger partial charge in [-0.1, -0.05) is 23.2 Å². The first-order chi connectivity index (χ1) is 8.56. The van der Waals surface area contributed by atoms with Crippen molar-refractivity contribution in [3.05, 3.63) is 57.8 Å². The van der Waals surface area contributed by atoms with Gasteiger partial charge in [-0.2, -0.15) is 0 Å². The van der Waals surface area contributed by atoms with Crippen molar-refractivity contribution in [2.45, 2.75) is 6.61 Å². The molecule has 0 amide bonds. The molecule has 2 aromatic rings. The molecule has 0 radical (unpaired) electrons. The van der Waals surface area contributed by atoms with Crippen LogP contribution in [-0.4, -0.2) is 0 Å². The third kappa shape index (κ3) is 3.06. The number of hydrogen-bond acceptors (Lipinski definition) is 2. The van der Waals surface area contributed by atoms with Crippen molar-refractivity contribution in [1.82, 2.24) is 0 Å². The predicted molar refractivity (Wildman–Crippen MR) is 71.6 cm³/mol. The summed E-state index contributed by atoms with van der Waals surface area (Å²) in [6.45, 7) is 0.0769. The van der Waals surface area contributed by atoms with Gasteiger partial charge >= 0.3 is 0 Å². The molecule has 0 saturated heterocycles. The molecular formula is C13H10Cl2FNO. The Bertz CT molecular complexity index is 575. The highest BCUT2D eigenvalue weighted by atomic mass is 35.5. The summed E-state index contributed by atoms with van der Waals surface area (Å²) in [4.78, 5) is 0. The van der Waals surface area contributed by atoms with E-state index < -0.39 is 0 Å². The predicted octanol–water partition coefficient (Wildman–Crippen LogP) is 4.29. The molecule has 0 heterocycles. The van der Waals surface area contributed by atoms with Gasteiger partial charge in [0.1, 0.15) is 18.2 Å². The Balaban J connectivity index is 2.11. The summed E-state index contributed by atoms with van der Waals surface area (Å²) in [6.07, 6.45) is 0. The summed E-state index contributed by atoms with van der Waals surface area (Å²) in [5, 5.41) is 0.918. The average Bonchev–Trinajstić information content (AvgIpc) is 2.34. The second kappa shape index (κ2) is 5.46. The van der Waals surface area contributed by atoms with Crippen molar-refractivity contribution in [2.24, 2.45) is 0 Å². The summed E-state index contributed by atoms with van der Waals surface area (Å²) in [6, 6.07) is 9.20. The minimum absolute atomic E-state index is 0.0769. The number of anilines is 1. The zero-order chi connectivity index (χ0) is 13.1. The van der Waals surface area contributed by atoms with Gasteiger partial charge < -0.3 is 10.5 Å². The van der Waals surface area contributed by atoms with Gasteiger partial charge in [-0.25, -0.2) is 4.39 Å². The number of rotatable bonds is 3. The molecule has 0 spiro atoms. The van der Waals surface area contributed by atoms with Crippen molar-refractivity contribution >= 4 is 28.9 Å². The Labute approximate surface area is 114 Å². The highest BCUT2D eigenvalue weighted by Gasteiger charge is 2.05. The maximum atomic E-state index is 13.4. The van der Waals surface area contributed by atoms with E-state index in [-0.39, 0.29) is 12.4 Å². The number of benzene rings is 2. The molecular weight excluding hydrogens is 276 g/mol. The molecule has 2 rings (SSSR count). The summed E-state index contributed by atoms with van der Waals surface area (Å²) in [5.74, 6) is 0.164. The second-order valence-corrected chi connectivity index (χ2v) is 4.55. The zero-order valence-electron chi connectivity index (χ0n) is 9.29. The fourth-order valence-electron chi connectivity index (χ4n) is 1.43. The third-order valence-corrected chi connectivity index (χ3v) is 2.95. The normalized spacial score (nSPS) is 10.4. The lowest BCUT2D eigenvalue weighted by molar-refractivity contribution is 0.300. The van der Waals surface area contributed by atoms with Gasteiger partial charge in [-0.3, -0.25) is 0 Å². The first kappa shape index (κ1) is 13.0. The topological polar surface area (TPSA) is 35.2 Å². The fraction of sp³-hybridized carbons (Fsp3) is 0.0769. The molecule has 2 N–H and O–H groups in total. The molecule has 2 aromatic carbocycles. The van der Waals surface area contributed by atoms with Gasteiger partial charge in [0.05, 0.1) is 10.7 Å². The Morgan fingerprint density at radius 1 is 1.11 bits per heavy atom. The number of halogens is 3. The molecule has 0 fully saturated rings. The average molecular weight is 286 g/mol. The molecule has 0 atom stereocenters. The number of hydrogen-bond donors (Lipinski definition) is 1. The van der Waals surface area contributed by atoms with E-state index in [1.165, 1.54) is 18.2 Å². The summed E-state index contributed by atoms with van der Waals surface area (Å²) in [5.41, 5.74) is 6.44. The number of ether oxygens (including phenoxy) is 1. The van der Waals surface area contributed by atoms with E-state index in [9.17, 15) is 4.39 Å². The summed E-state index contributed by atoms with van der Waals surface area (Å²) < 4.78 is 18.9. The van der Waals surface area contributed by atoms with Crippen LogP contribution in [0.2, 0.25) is 10.0 Å². The summed E-state index contributed by atoms with van der Waals surface area (Å²) >= 11 is 11.6. The van der Waals surface area contributed by atoms with Crippen LogP contribution in [0.3, 0.4) is 0 Å². The van der Waals surface area contributed by atoms with Crippen molar-refractivity contribution in [1.29, 1.82) is 0 Å². The maximum Gasteiger partial charge on any atom is 0.129 e. The first-order valence-corrected chi connectivity index (χ1v) is 5.93. The molecule has 0 aromatic heterocycles. The van der Waals surface area contributed by atoms with Gasteiger partial charge in [0.25, 0.3) is 0 Å². The van der Waals surface area contributed by atoms with Gasteiger partial charge in [-0.15, -0.1) is 0 Å². The van der Waals surface area contributed by atoms with Gasteiger partial charge in [0.15, 0.2) is 0 Å². The molecule has 5 heteroatoms. The standard InChI is InChI=1S/C13H10Cl2FNO/c14-9-1-4-12(16)8(5-9)7-18-10-2-3-11(15)13(17)6-10/h1-6H,7,17H2. The van der Waals surface area contributed by atoms with Crippen LogP contribution in [0.4, 0.5) is 10.1 Å². The highest BCUT2D eigenvalue weighted by molar-refractivity contribution is 6.33. The van der Waals surface area contributed by atoms with Crippen molar-refractivity contribution < 1.29 is 9.13 Å². The Morgan fingerprint density at radius 3 is 2.61 bits per heavy atom. The molecule has 2 nitrogen and oxygen atoms in total. The molecule has 94 valence electrons. The Hall–Kier alpha value is -1.45. The van der Waals surface area contributed by atoms with Crippen LogP contribution >= 0.6 is 23.2 Å². The third-order valence-electron chi connectivity index (χ3n) is 2.37. The number of nitrogens with two attached hydrogens (primary N) is 1. The van der Waals surface area contributed by atoms with E-state index >= 15 is 0 Å². The molecule has 0 bridgehead atoms. The van der Waals surface area contributed by atoms with Crippen molar-refractivity contribution in [3.8, 4) is 5.75 Å². The zero-order valence-corrected chi connectivity index (χ0v) is 10.8. The lowest BCUT2D eigenvalue weighted by atomic mass is 10.2. The monoisotopic (exact) mass is 285 g/mol. The van der Waals surface area contributed by atoms with Gasteiger partial charge in [0.2, 0.25) is 0 Å². The van der Waals surface area contributed by atoms with E-state index in [2.05, 4.69) is 0 Å². The highest BCUT2D eigenvalue weighted by Crippen LogP contribution is 2.25. The Morgan fingerprint density at radius 2 is 1.89 bits per heavy atom. The van der Waals surface area contributed by atoms with E-state index in [0.717, 1.165) is 0 Å². The van der Waals surface area contributed by atoms with Crippen LogP contribution in [-0.2, 0) is 6.61 Å². The van der Waals surface area contributed by atoms with E-state index in [1.807, 2.05) is 0 Å². The smallest absolute Gasteiger partial charge is 0.129 e. The SMILES string of the molecule is Nc1cc(OCc2cc(Cl)ccc2F)ccc1Cl. The minimum Gasteiger partial charge on any atom is -0.489 e. The van der Waals surface area contributed by atoms with Crippen LogP contribution in [0, 0.1) is 5.82 Å². The van der Waals surface area contributed by atoms with Crippen LogP contribution < -0.4 is 10.5 Å². The molecule has 0 aliphatic carbocycles. The van der Waals surface area contributed by atoms with Crippen LogP contribution in [0.5, 0.6) is 5.75 Å². The lowest BCUT2D eigenvalue weighted by Crippen LogP contribution is -1.99. The van der Waals surface area contributed by atoms with Crippen LogP contribution in [0.25, 0.3) is 0 Å². The van der Waals surface area contributed by atoms with E-state index in [4.69, 9.17) is 33.7 Å². The maximum absolute atomic E-state index is 13.4. The van der Waals surface area contributed by atoms with Crippen LogP contribution in [0.15, 0.2) is 36.4 Å². The largest absolute Gasteiger partial charge is 0.489 e. The van der Waals surface area contributed by atoms with E-state index in [1.54, 1.807) is 18.2 Å². The number of nitrogen functional groups attached to an aromatic ring is 1. The van der Waals surface area contributed by atoms with E-state index in [0.29, 0.717) is 27.0 Å². The molecule has 18 heavy (non-hydrogen) atoms. The second-order valence-electron chi connectivity index (χ2n) is 3.71. The first-order valence-electron chi connectivity index (χ1n) is 5.18. The van der Waals surface area contributed by atoms with Crippen molar-refractivity contribution in [2.75, 3.05) is 5.73 Å². The molecule has 0 aliphatic heterocycles. The van der Waals surface area contributed by atoms with Gasteiger partial charge in [0, 0.05) is 16.7 Å². The Kier molecular flexibility index (Phi) is 3.94. The molecule has 0 saturated carbocycles. The minimum atomic E-state index is -0.360. The fourth-order valence-corrected chi connectivity index (χ4v) is 1.74. The van der Waals surface area contributed by atoms with Crippen molar-refractivity contribution in [3.63, 3.8) is 0 Å². The molecule has 0 aliphatic rings. The quantitative estimate of drug-likeness (QED) is 0.854. The molecule has 0 unspecified atom stereocenters.